The first-order valence-corrected chi connectivity index (χ1v) is 8.99. The molecule has 0 aromatic heterocycles. The SMILES string of the molecule is C[C@H](NC[C@@H]1COC2(CCCCC2)O1)c1ccc2c(c1)COC2. The molecule has 2 fully saturated rings. The zero-order chi connectivity index (χ0) is 15.7. The molecule has 1 spiro atoms. The predicted molar refractivity (Wildman–Crippen MR) is 88.0 cm³/mol. The molecule has 2 atom stereocenters. The van der Waals surface area contributed by atoms with Crippen LogP contribution in [0.5, 0.6) is 0 Å². The van der Waals surface area contributed by atoms with Gasteiger partial charge in [-0.3, -0.25) is 0 Å². The van der Waals surface area contributed by atoms with Crippen LogP contribution in [0.1, 0.15) is 61.8 Å². The Morgan fingerprint density at radius 1 is 1.17 bits per heavy atom. The number of hydrogen-bond donors (Lipinski definition) is 1. The number of rotatable bonds is 4. The molecule has 1 saturated carbocycles. The summed E-state index contributed by atoms with van der Waals surface area (Å²) < 4.78 is 17.8. The van der Waals surface area contributed by atoms with Gasteiger partial charge >= 0.3 is 0 Å². The van der Waals surface area contributed by atoms with Crippen LogP contribution in [-0.4, -0.2) is 25.0 Å². The summed E-state index contributed by atoms with van der Waals surface area (Å²) in [5.41, 5.74) is 3.98. The summed E-state index contributed by atoms with van der Waals surface area (Å²) in [7, 11) is 0. The zero-order valence-electron chi connectivity index (χ0n) is 14.0. The fourth-order valence-corrected chi connectivity index (χ4v) is 3.96. The van der Waals surface area contributed by atoms with Crippen LogP contribution in [0.25, 0.3) is 0 Å². The second-order valence-corrected chi connectivity index (χ2v) is 7.17. The van der Waals surface area contributed by atoms with Gasteiger partial charge in [-0.1, -0.05) is 24.6 Å². The molecule has 0 amide bonds. The van der Waals surface area contributed by atoms with E-state index in [9.17, 15) is 0 Å². The van der Waals surface area contributed by atoms with Crippen LogP contribution in [0, 0.1) is 0 Å². The highest BCUT2D eigenvalue weighted by atomic mass is 16.7. The molecule has 0 unspecified atom stereocenters. The second kappa shape index (κ2) is 6.52. The Labute approximate surface area is 138 Å². The van der Waals surface area contributed by atoms with Crippen LogP contribution < -0.4 is 5.32 Å². The van der Waals surface area contributed by atoms with E-state index in [0.717, 1.165) is 39.2 Å². The molecule has 4 heteroatoms. The fourth-order valence-electron chi connectivity index (χ4n) is 3.96. The molecule has 4 nitrogen and oxygen atoms in total. The van der Waals surface area contributed by atoms with Crippen LogP contribution in [0.2, 0.25) is 0 Å². The van der Waals surface area contributed by atoms with Crippen molar-refractivity contribution in [2.24, 2.45) is 0 Å². The fraction of sp³-hybridized carbons (Fsp3) is 0.684. The topological polar surface area (TPSA) is 39.7 Å². The Morgan fingerprint density at radius 3 is 2.87 bits per heavy atom. The van der Waals surface area contributed by atoms with Gasteiger partial charge in [-0.2, -0.15) is 0 Å². The smallest absolute Gasteiger partial charge is 0.168 e. The summed E-state index contributed by atoms with van der Waals surface area (Å²) >= 11 is 0. The average molecular weight is 317 g/mol. The molecule has 1 aliphatic carbocycles. The van der Waals surface area contributed by atoms with Gasteiger partial charge in [0.2, 0.25) is 0 Å². The standard InChI is InChI=1S/C19H27NO3/c1-14(15-5-6-16-11-21-12-17(16)9-15)20-10-18-13-22-19(23-18)7-3-2-4-8-19/h5-6,9,14,18,20H,2-4,7-8,10-13H2,1H3/t14-,18+/m0/s1. The molecule has 1 aromatic carbocycles. The van der Waals surface area contributed by atoms with Crippen molar-refractivity contribution in [3.8, 4) is 0 Å². The van der Waals surface area contributed by atoms with Crippen molar-refractivity contribution in [1.82, 2.24) is 5.32 Å². The number of nitrogens with one attached hydrogen (secondary N) is 1. The molecule has 126 valence electrons. The summed E-state index contributed by atoms with van der Waals surface area (Å²) in [4.78, 5) is 0. The third kappa shape index (κ3) is 3.31. The monoisotopic (exact) mass is 317 g/mol. The molecule has 4 rings (SSSR count). The Kier molecular flexibility index (Phi) is 4.41. The first kappa shape index (κ1) is 15.6. The van der Waals surface area contributed by atoms with Gasteiger partial charge in [-0.15, -0.1) is 0 Å². The van der Waals surface area contributed by atoms with Crippen LogP contribution in [0.3, 0.4) is 0 Å². The van der Waals surface area contributed by atoms with Crippen molar-refractivity contribution >= 4 is 0 Å². The van der Waals surface area contributed by atoms with E-state index >= 15 is 0 Å². The van der Waals surface area contributed by atoms with Gasteiger partial charge < -0.3 is 19.5 Å². The number of benzene rings is 1. The lowest BCUT2D eigenvalue weighted by Gasteiger charge is -2.31. The maximum atomic E-state index is 6.25. The third-order valence-electron chi connectivity index (χ3n) is 5.43. The maximum absolute atomic E-state index is 6.25. The summed E-state index contributed by atoms with van der Waals surface area (Å²) in [6.07, 6.45) is 6.07. The summed E-state index contributed by atoms with van der Waals surface area (Å²) in [6.45, 7) is 5.28. The normalized spacial score (nSPS) is 27.3. The summed E-state index contributed by atoms with van der Waals surface area (Å²) in [6, 6.07) is 6.99. The molecular formula is C19H27NO3. The van der Waals surface area contributed by atoms with Gasteiger partial charge in [0.05, 0.1) is 25.9 Å². The molecule has 1 aromatic rings. The number of ether oxygens (including phenoxy) is 3. The van der Waals surface area contributed by atoms with Gasteiger partial charge in [0.1, 0.15) is 0 Å². The number of fused-ring (bicyclic) bond motifs is 1. The molecular weight excluding hydrogens is 290 g/mol. The Bertz CT molecular complexity index is 554. The van der Waals surface area contributed by atoms with E-state index in [1.165, 1.54) is 36.0 Å². The minimum absolute atomic E-state index is 0.174. The highest BCUT2D eigenvalue weighted by Crippen LogP contribution is 2.37. The van der Waals surface area contributed by atoms with E-state index in [1.54, 1.807) is 0 Å². The van der Waals surface area contributed by atoms with Crippen LogP contribution in [0.15, 0.2) is 18.2 Å². The van der Waals surface area contributed by atoms with Crippen molar-refractivity contribution in [3.05, 3.63) is 34.9 Å². The van der Waals surface area contributed by atoms with E-state index in [4.69, 9.17) is 14.2 Å². The van der Waals surface area contributed by atoms with Gasteiger partial charge in [0.25, 0.3) is 0 Å². The molecule has 23 heavy (non-hydrogen) atoms. The molecule has 3 aliphatic rings. The molecule has 0 radical (unpaired) electrons. The third-order valence-corrected chi connectivity index (χ3v) is 5.43. The van der Waals surface area contributed by atoms with Gasteiger partial charge in [0, 0.05) is 25.4 Å². The Balaban J connectivity index is 1.31. The minimum atomic E-state index is -0.265. The molecule has 1 N–H and O–H groups in total. The van der Waals surface area contributed by atoms with E-state index in [0.29, 0.717) is 6.04 Å². The zero-order valence-corrected chi connectivity index (χ0v) is 14.0. The Hall–Kier alpha value is -0.940. The largest absolute Gasteiger partial charge is 0.372 e. The second-order valence-electron chi connectivity index (χ2n) is 7.17. The minimum Gasteiger partial charge on any atom is -0.372 e. The van der Waals surface area contributed by atoms with Crippen molar-refractivity contribution in [2.45, 2.75) is 70.2 Å². The van der Waals surface area contributed by atoms with Crippen molar-refractivity contribution in [1.29, 1.82) is 0 Å². The lowest BCUT2D eigenvalue weighted by molar-refractivity contribution is -0.186. The van der Waals surface area contributed by atoms with E-state index in [-0.39, 0.29) is 11.9 Å². The molecule has 0 bridgehead atoms. The summed E-state index contributed by atoms with van der Waals surface area (Å²) in [5, 5.41) is 3.61. The van der Waals surface area contributed by atoms with E-state index < -0.39 is 0 Å². The van der Waals surface area contributed by atoms with Gasteiger partial charge in [0.15, 0.2) is 5.79 Å². The van der Waals surface area contributed by atoms with Crippen molar-refractivity contribution in [3.63, 3.8) is 0 Å². The van der Waals surface area contributed by atoms with Gasteiger partial charge in [-0.05, 0) is 36.5 Å². The van der Waals surface area contributed by atoms with Crippen LogP contribution >= 0.6 is 0 Å². The first-order chi connectivity index (χ1) is 11.2. The number of hydrogen-bond acceptors (Lipinski definition) is 4. The predicted octanol–water partition coefficient (Wildman–Crippen LogP) is 3.44. The van der Waals surface area contributed by atoms with Crippen molar-refractivity contribution < 1.29 is 14.2 Å². The van der Waals surface area contributed by atoms with E-state index in [2.05, 4.69) is 30.4 Å². The highest BCUT2D eigenvalue weighted by molar-refractivity contribution is 5.34. The molecule has 1 saturated heterocycles. The lowest BCUT2D eigenvalue weighted by Crippen LogP contribution is -2.36. The highest BCUT2D eigenvalue weighted by Gasteiger charge is 2.42. The van der Waals surface area contributed by atoms with Crippen LogP contribution in [0.4, 0.5) is 0 Å². The summed E-state index contributed by atoms with van der Waals surface area (Å²) in [5.74, 6) is -0.265. The van der Waals surface area contributed by atoms with Crippen LogP contribution in [-0.2, 0) is 27.4 Å². The molecule has 2 aliphatic heterocycles. The average Bonchev–Trinajstić information content (AvgIpc) is 3.20. The first-order valence-electron chi connectivity index (χ1n) is 8.99. The Morgan fingerprint density at radius 2 is 2.00 bits per heavy atom. The van der Waals surface area contributed by atoms with E-state index in [1.807, 2.05) is 0 Å². The lowest BCUT2D eigenvalue weighted by atomic mass is 9.94. The molecule has 2 heterocycles. The van der Waals surface area contributed by atoms with Crippen molar-refractivity contribution in [2.75, 3.05) is 13.2 Å². The van der Waals surface area contributed by atoms with Gasteiger partial charge in [-0.25, -0.2) is 0 Å². The maximum Gasteiger partial charge on any atom is 0.168 e. The quantitative estimate of drug-likeness (QED) is 0.923.